The molecular weight excluding hydrogens is 280 g/mol. The van der Waals surface area contributed by atoms with E-state index in [-0.39, 0.29) is 12.5 Å². The van der Waals surface area contributed by atoms with Crippen LogP contribution in [0.3, 0.4) is 0 Å². The monoisotopic (exact) mass is 301 g/mol. The number of rotatable bonds is 5. The molecule has 2 rings (SSSR count). The van der Waals surface area contributed by atoms with Gasteiger partial charge in [-0.2, -0.15) is 5.10 Å². The Hall–Kier alpha value is -1.54. The zero-order chi connectivity index (χ0) is 15.4. The number of aryl methyl sites for hydroxylation is 1. The number of piperazine rings is 1. The van der Waals surface area contributed by atoms with E-state index in [0.717, 1.165) is 5.56 Å². The van der Waals surface area contributed by atoms with Crippen LogP contribution in [0.15, 0.2) is 12.4 Å². The number of nitrogens with one attached hydrogen (secondary N) is 1. The highest BCUT2D eigenvalue weighted by atomic mass is 19.3. The van der Waals surface area contributed by atoms with Crippen LogP contribution >= 0.6 is 0 Å². The van der Waals surface area contributed by atoms with Gasteiger partial charge in [0, 0.05) is 45.0 Å². The molecule has 1 N–H and O–H groups in total. The van der Waals surface area contributed by atoms with Gasteiger partial charge in [-0.25, -0.2) is 8.78 Å². The molecule has 0 aliphatic carbocycles. The zero-order valence-corrected chi connectivity index (χ0v) is 12.3. The molecule has 2 heterocycles. The van der Waals surface area contributed by atoms with Crippen LogP contribution in [-0.2, 0) is 11.8 Å². The number of carbonyl (C=O) groups is 1. The van der Waals surface area contributed by atoms with Gasteiger partial charge >= 0.3 is 0 Å². The van der Waals surface area contributed by atoms with Crippen molar-refractivity contribution in [3.8, 4) is 0 Å². The molecule has 1 aliphatic heterocycles. The summed E-state index contributed by atoms with van der Waals surface area (Å²) in [6.07, 6.45) is 1.13. The predicted octanol–water partition coefficient (Wildman–Crippen LogP) is 0.0899. The Bertz CT molecular complexity index is 471. The van der Waals surface area contributed by atoms with E-state index in [2.05, 4.69) is 10.4 Å². The van der Waals surface area contributed by atoms with Gasteiger partial charge in [0.2, 0.25) is 5.91 Å². The summed E-state index contributed by atoms with van der Waals surface area (Å²) in [4.78, 5) is 15.9. The minimum atomic E-state index is -2.33. The van der Waals surface area contributed by atoms with Crippen LogP contribution in [0, 0.1) is 0 Å². The second kappa shape index (κ2) is 6.95. The third kappa shape index (κ3) is 3.98. The molecule has 0 spiro atoms. The van der Waals surface area contributed by atoms with Crippen LogP contribution in [0.5, 0.6) is 0 Å². The Morgan fingerprint density at radius 3 is 2.52 bits per heavy atom. The van der Waals surface area contributed by atoms with Gasteiger partial charge in [0.05, 0.1) is 12.7 Å². The van der Waals surface area contributed by atoms with Crippen LogP contribution in [0.25, 0.3) is 0 Å². The smallest absolute Gasteiger partial charge is 0.251 e. The maximum Gasteiger partial charge on any atom is 0.251 e. The first-order valence-corrected chi connectivity index (χ1v) is 6.96. The number of carbonyl (C=O) groups excluding carboxylic acids is 1. The van der Waals surface area contributed by atoms with E-state index < -0.39 is 12.5 Å². The quantitative estimate of drug-likeness (QED) is 0.837. The van der Waals surface area contributed by atoms with Crippen molar-refractivity contribution in [2.24, 2.45) is 7.05 Å². The molecule has 6 nitrogen and oxygen atoms in total. The maximum absolute atomic E-state index is 12.5. The standard InChI is InChI=1S/C13H21F2N5O/c1-16-12(10-7-17-18(2)8-10)13(21)20-5-3-19(4-6-20)9-11(14)15/h7-8,11-12,16H,3-6,9H2,1-2H3. The van der Waals surface area contributed by atoms with Crippen molar-refractivity contribution in [3.05, 3.63) is 18.0 Å². The number of hydrogen-bond donors (Lipinski definition) is 1. The summed E-state index contributed by atoms with van der Waals surface area (Å²) in [5.41, 5.74) is 0.806. The summed E-state index contributed by atoms with van der Waals surface area (Å²) in [5.74, 6) is -0.0396. The van der Waals surface area contributed by atoms with Gasteiger partial charge < -0.3 is 10.2 Å². The van der Waals surface area contributed by atoms with Crippen molar-refractivity contribution in [1.82, 2.24) is 24.9 Å². The molecule has 1 unspecified atom stereocenters. The third-order valence-electron chi connectivity index (χ3n) is 3.67. The number of amides is 1. The molecule has 21 heavy (non-hydrogen) atoms. The van der Waals surface area contributed by atoms with Crippen molar-refractivity contribution < 1.29 is 13.6 Å². The highest BCUT2D eigenvalue weighted by Gasteiger charge is 2.28. The number of nitrogens with zero attached hydrogens (tertiary/aromatic N) is 4. The van der Waals surface area contributed by atoms with E-state index in [1.165, 1.54) is 0 Å². The lowest BCUT2D eigenvalue weighted by molar-refractivity contribution is -0.135. The minimum Gasteiger partial charge on any atom is -0.338 e. The second-order valence-electron chi connectivity index (χ2n) is 5.19. The third-order valence-corrected chi connectivity index (χ3v) is 3.67. The zero-order valence-electron chi connectivity index (χ0n) is 12.3. The maximum atomic E-state index is 12.5. The Morgan fingerprint density at radius 1 is 1.38 bits per heavy atom. The molecule has 1 fully saturated rings. The molecule has 0 aromatic carbocycles. The first-order valence-electron chi connectivity index (χ1n) is 6.96. The van der Waals surface area contributed by atoms with Gasteiger partial charge in [-0.15, -0.1) is 0 Å². The first kappa shape index (κ1) is 15.8. The number of halogens is 2. The molecule has 1 amide bonds. The van der Waals surface area contributed by atoms with Gasteiger partial charge in [-0.1, -0.05) is 0 Å². The lowest BCUT2D eigenvalue weighted by atomic mass is 10.1. The molecular formula is C13H21F2N5O. The van der Waals surface area contributed by atoms with Crippen LogP contribution in [0.4, 0.5) is 8.78 Å². The lowest BCUT2D eigenvalue weighted by Crippen LogP contribution is -2.52. The molecule has 1 aliphatic rings. The molecule has 1 saturated heterocycles. The Balaban J connectivity index is 1.94. The number of aromatic nitrogens is 2. The first-order chi connectivity index (χ1) is 10.0. The van der Waals surface area contributed by atoms with E-state index in [0.29, 0.717) is 26.2 Å². The van der Waals surface area contributed by atoms with Crippen molar-refractivity contribution in [2.75, 3.05) is 39.8 Å². The van der Waals surface area contributed by atoms with Crippen LogP contribution in [0.2, 0.25) is 0 Å². The fourth-order valence-electron chi connectivity index (χ4n) is 2.55. The van der Waals surface area contributed by atoms with Gasteiger partial charge in [-0.3, -0.25) is 14.4 Å². The topological polar surface area (TPSA) is 53.4 Å². The molecule has 118 valence electrons. The van der Waals surface area contributed by atoms with E-state index in [9.17, 15) is 13.6 Å². The molecule has 0 bridgehead atoms. The Labute approximate surface area is 122 Å². The molecule has 1 aromatic heterocycles. The second-order valence-corrected chi connectivity index (χ2v) is 5.19. The van der Waals surface area contributed by atoms with Crippen LogP contribution < -0.4 is 5.32 Å². The van der Waals surface area contributed by atoms with E-state index in [1.807, 2.05) is 0 Å². The minimum absolute atomic E-state index is 0.0396. The normalized spacial score (nSPS) is 18.2. The van der Waals surface area contributed by atoms with Gasteiger partial charge in [0.15, 0.2) is 0 Å². The largest absolute Gasteiger partial charge is 0.338 e. The fraction of sp³-hybridized carbons (Fsp3) is 0.692. The van der Waals surface area contributed by atoms with Crippen molar-refractivity contribution >= 4 is 5.91 Å². The van der Waals surface area contributed by atoms with E-state index >= 15 is 0 Å². The van der Waals surface area contributed by atoms with E-state index in [1.54, 1.807) is 41.0 Å². The Kier molecular flexibility index (Phi) is 5.24. The number of likely N-dealkylation sites (N-methyl/N-ethyl adjacent to an activating group) is 1. The number of alkyl halides is 2. The van der Waals surface area contributed by atoms with Gasteiger partial charge in [-0.05, 0) is 7.05 Å². The molecule has 1 atom stereocenters. The average molecular weight is 301 g/mol. The van der Waals surface area contributed by atoms with Crippen molar-refractivity contribution in [1.29, 1.82) is 0 Å². The Morgan fingerprint density at radius 2 is 2.05 bits per heavy atom. The summed E-state index contributed by atoms with van der Waals surface area (Å²) in [6.45, 7) is 1.70. The van der Waals surface area contributed by atoms with Gasteiger partial charge in [0.25, 0.3) is 6.43 Å². The molecule has 1 aromatic rings. The van der Waals surface area contributed by atoms with Crippen LogP contribution in [-0.4, -0.2) is 71.7 Å². The average Bonchev–Trinajstić information content (AvgIpc) is 2.86. The summed E-state index contributed by atoms with van der Waals surface area (Å²) in [6, 6.07) is -0.444. The summed E-state index contributed by atoms with van der Waals surface area (Å²) >= 11 is 0. The van der Waals surface area contributed by atoms with Crippen LogP contribution in [0.1, 0.15) is 11.6 Å². The van der Waals surface area contributed by atoms with Crippen molar-refractivity contribution in [3.63, 3.8) is 0 Å². The highest BCUT2D eigenvalue weighted by Crippen LogP contribution is 2.16. The fourth-order valence-corrected chi connectivity index (χ4v) is 2.55. The molecule has 8 heteroatoms. The lowest BCUT2D eigenvalue weighted by Gasteiger charge is -2.36. The van der Waals surface area contributed by atoms with Gasteiger partial charge in [0.1, 0.15) is 6.04 Å². The van der Waals surface area contributed by atoms with Crippen molar-refractivity contribution in [2.45, 2.75) is 12.5 Å². The highest BCUT2D eigenvalue weighted by molar-refractivity contribution is 5.83. The summed E-state index contributed by atoms with van der Waals surface area (Å²) in [5, 5.41) is 7.07. The summed E-state index contributed by atoms with van der Waals surface area (Å²) in [7, 11) is 3.52. The molecule has 0 radical (unpaired) electrons. The number of hydrogen-bond acceptors (Lipinski definition) is 4. The predicted molar refractivity (Wildman–Crippen MR) is 74.0 cm³/mol. The summed E-state index contributed by atoms with van der Waals surface area (Å²) < 4.78 is 26.3. The molecule has 0 saturated carbocycles. The van der Waals surface area contributed by atoms with E-state index in [4.69, 9.17) is 0 Å². The SMILES string of the molecule is CNC(C(=O)N1CCN(CC(F)F)CC1)c1cnn(C)c1.